The van der Waals surface area contributed by atoms with E-state index in [1.165, 1.54) is 21.8 Å². The Morgan fingerprint density at radius 2 is 1.68 bits per heavy atom. The first-order chi connectivity index (χ1) is 13.9. The molecule has 0 spiro atoms. The molecule has 0 atom stereocenters. The summed E-state index contributed by atoms with van der Waals surface area (Å²) in [5.74, 6) is 0.946. The van der Waals surface area contributed by atoms with Gasteiger partial charge in [-0.05, 0) is 35.7 Å². The van der Waals surface area contributed by atoms with Crippen LogP contribution in [0.25, 0.3) is 21.7 Å². The van der Waals surface area contributed by atoms with Gasteiger partial charge in [-0.2, -0.15) is 0 Å². The number of anilines is 1. The molecule has 0 saturated carbocycles. The van der Waals surface area contributed by atoms with Gasteiger partial charge < -0.3 is 14.6 Å². The van der Waals surface area contributed by atoms with Crippen molar-refractivity contribution in [3.05, 3.63) is 72.9 Å². The van der Waals surface area contributed by atoms with E-state index < -0.39 is 0 Å². The molecule has 1 N–H and O–H groups in total. The van der Waals surface area contributed by atoms with Gasteiger partial charge in [0.25, 0.3) is 0 Å². The summed E-state index contributed by atoms with van der Waals surface area (Å²) in [4.78, 5) is 8.22. The Morgan fingerprint density at radius 1 is 0.821 bits per heavy atom. The van der Waals surface area contributed by atoms with Crippen LogP contribution in [-0.2, 0) is 0 Å². The number of nitrogens with one attached hydrogen (secondary N) is 1. The van der Waals surface area contributed by atoms with Gasteiger partial charge in [0, 0.05) is 60.9 Å². The van der Waals surface area contributed by atoms with Crippen LogP contribution in [0, 0.1) is 0 Å². The fourth-order valence-corrected chi connectivity index (χ4v) is 4.11. The van der Waals surface area contributed by atoms with E-state index in [1.54, 1.807) is 0 Å². The normalized spacial score (nSPS) is 15.4. The zero-order chi connectivity index (χ0) is 18.8. The molecule has 4 aromatic rings. The highest BCUT2D eigenvalue weighted by atomic mass is 16.5. The van der Waals surface area contributed by atoms with Gasteiger partial charge in [0.15, 0.2) is 0 Å². The molecular weight excluding hydrogens is 346 g/mol. The lowest BCUT2D eigenvalue weighted by Crippen LogP contribution is -2.47. The lowest BCUT2D eigenvalue weighted by molar-refractivity contribution is 0.201. The van der Waals surface area contributed by atoms with E-state index in [-0.39, 0.29) is 0 Å². The van der Waals surface area contributed by atoms with Crippen molar-refractivity contribution < 1.29 is 4.74 Å². The number of aromatic amines is 1. The predicted octanol–water partition coefficient (Wildman–Crippen LogP) is 4.52. The van der Waals surface area contributed by atoms with Gasteiger partial charge in [-0.1, -0.05) is 36.4 Å². The van der Waals surface area contributed by atoms with Gasteiger partial charge in [0.1, 0.15) is 12.4 Å². The molecule has 0 bridgehead atoms. The molecule has 1 fully saturated rings. The number of H-pyrrole nitrogens is 1. The summed E-state index contributed by atoms with van der Waals surface area (Å²) < 4.78 is 5.99. The molecule has 4 nitrogen and oxygen atoms in total. The molecule has 0 amide bonds. The van der Waals surface area contributed by atoms with Crippen molar-refractivity contribution in [1.82, 2.24) is 9.88 Å². The zero-order valence-electron chi connectivity index (χ0n) is 16.0. The quantitative estimate of drug-likeness (QED) is 0.560. The number of aromatic nitrogens is 1. The fraction of sp³-hybridized carbons (Fsp3) is 0.250. The number of ether oxygens (including phenoxy) is 1. The molecule has 1 aliphatic rings. The Hall–Kier alpha value is -2.98. The number of nitrogens with zero attached hydrogens (tertiary/aromatic N) is 2. The maximum atomic E-state index is 5.99. The maximum Gasteiger partial charge on any atom is 0.120 e. The predicted molar refractivity (Wildman–Crippen MR) is 116 cm³/mol. The number of piperazine rings is 1. The van der Waals surface area contributed by atoms with Crippen LogP contribution in [0.4, 0.5) is 5.69 Å². The van der Waals surface area contributed by atoms with E-state index >= 15 is 0 Å². The second-order valence-corrected chi connectivity index (χ2v) is 7.40. The molecule has 4 heteroatoms. The molecule has 1 aliphatic heterocycles. The van der Waals surface area contributed by atoms with E-state index in [1.807, 2.05) is 12.3 Å². The van der Waals surface area contributed by atoms with Gasteiger partial charge in [0.05, 0.1) is 0 Å². The molecule has 142 valence electrons. The lowest BCUT2D eigenvalue weighted by atomic mass is 10.1. The van der Waals surface area contributed by atoms with E-state index in [2.05, 4.69) is 75.4 Å². The van der Waals surface area contributed by atoms with Crippen LogP contribution in [0.15, 0.2) is 72.9 Å². The molecule has 0 radical (unpaired) electrons. The average molecular weight is 371 g/mol. The number of hydrogen-bond acceptors (Lipinski definition) is 3. The summed E-state index contributed by atoms with van der Waals surface area (Å²) >= 11 is 0. The highest BCUT2D eigenvalue weighted by Crippen LogP contribution is 2.27. The summed E-state index contributed by atoms with van der Waals surface area (Å²) in [6, 6.07) is 23.6. The van der Waals surface area contributed by atoms with Crippen LogP contribution in [0.5, 0.6) is 5.75 Å². The van der Waals surface area contributed by atoms with Crippen LogP contribution in [0.3, 0.4) is 0 Å². The minimum absolute atomic E-state index is 0.726. The second kappa shape index (κ2) is 7.56. The van der Waals surface area contributed by atoms with Gasteiger partial charge in [-0.3, -0.25) is 4.90 Å². The monoisotopic (exact) mass is 371 g/mol. The molecule has 28 heavy (non-hydrogen) atoms. The van der Waals surface area contributed by atoms with Gasteiger partial charge in [-0.15, -0.1) is 0 Å². The van der Waals surface area contributed by atoms with Crippen LogP contribution < -0.4 is 9.64 Å². The Bertz CT molecular complexity index is 1070. The molecular formula is C24H25N3O. The van der Waals surface area contributed by atoms with Crippen molar-refractivity contribution in [2.75, 3.05) is 44.2 Å². The minimum atomic E-state index is 0.726. The summed E-state index contributed by atoms with van der Waals surface area (Å²) in [6.07, 6.45) is 1.96. The van der Waals surface area contributed by atoms with Crippen molar-refractivity contribution in [3.8, 4) is 5.75 Å². The molecule has 1 aromatic heterocycles. The van der Waals surface area contributed by atoms with Crippen LogP contribution in [-0.4, -0.2) is 49.2 Å². The standard InChI is InChI=1S/C24H25N3O/c1-2-6-22-19(4-1)5-3-7-24(22)27-14-12-26(13-15-27)16-17-28-21-8-9-23-20(18-21)10-11-25-23/h1-11,18,25H,12-17H2. The zero-order valence-corrected chi connectivity index (χ0v) is 16.0. The molecule has 5 rings (SSSR count). The Labute approximate surface area is 165 Å². The highest BCUT2D eigenvalue weighted by molar-refractivity contribution is 5.94. The van der Waals surface area contributed by atoms with Gasteiger partial charge in [-0.25, -0.2) is 0 Å². The second-order valence-electron chi connectivity index (χ2n) is 7.40. The molecule has 3 aromatic carbocycles. The largest absolute Gasteiger partial charge is 0.492 e. The smallest absolute Gasteiger partial charge is 0.120 e. The first-order valence-corrected chi connectivity index (χ1v) is 10.0. The minimum Gasteiger partial charge on any atom is -0.492 e. The average Bonchev–Trinajstić information content (AvgIpc) is 3.22. The number of fused-ring (bicyclic) bond motifs is 2. The highest BCUT2D eigenvalue weighted by Gasteiger charge is 2.18. The van der Waals surface area contributed by atoms with Crippen molar-refractivity contribution >= 4 is 27.4 Å². The van der Waals surface area contributed by atoms with E-state index in [0.29, 0.717) is 0 Å². The van der Waals surface area contributed by atoms with E-state index in [0.717, 1.165) is 50.6 Å². The van der Waals surface area contributed by atoms with Crippen molar-refractivity contribution in [1.29, 1.82) is 0 Å². The van der Waals surface area contributed by atoms with Crippen LogP contribution in [0.2, 0.25) is 0 Å². The third-order valence-electron chi connectivity index (χ3n) is 5.68. The summed E-state index contributed by atoms with van der Waals surface area (Å²) in [5, 5.41) is 3.86. The molecule has 0 unspecified atom stereocenters. The van der Waals surface area contributed by atoms with E-state index in [4.69, 9.17) is 4.74 Å². The Morgan fingerprint density at radius 3 is 2.61 bits per heavy atom. The fourth-order valence-electron chi connectivity index (χ4n) is 4.11. The third kappa shape index (κ3) is 3.43. The molecule has 2 heterocycles. The third-order valence-corrected chi connectivity index (χ3v) is 5.68. The maximum absolute atomic E-state index is 5.99. The Kier molecular flexibility index (Phi) is 4.63. The van der Waals surface area contributed by atoms with Crippen LogP contribution >= 0.6 is 0 Å². The van der Waals surface area contributed by atoms with Crippen molar-refractivity contribution in [3.63, 3.8) is 0 Å². The molecule has 0 aliphatic carbocycles. The SMILES string of the molecule is c1ccc2c(N3CCN(CCOc4ccc5[nH]ccc5c4)CC3)cccc2c1. The van der Waals surface area contributed by atoms with E-state index in [9.17, 15) is 0 Å². The summed E-state index contributed by atoms with van der Waals surface area (Å²) in [5.41, 5.74) is 2.51. The first-order valence-electron chi connectivity index (χ1n) is 10.0. The van der Waals surface area contributed by atoms with Gasteiger partial charge >= 0.3 is 0 Å². The number of benzene rings is 3. The lowest BCUT2D eigenvalue weighted by Gasteiger charge is -2.36. The molecule has 1 saturated heterocycles. The summed E-state index contributed by atoms with van der Waals surface area (Å²) in [7, 11) is 0. The van der Waals surface area contributed by atoms with Crippen molar-refractivity contribution in [2.45, 2.75) is 0 Å². The van der Waals surface area contributed by atoms with Crippen molar-refractivity contribution in [2.24, 2.45) is 0 Å². The van der Waals surface area contributed by atoms with Crippen LogP contribution in [0.1, 0.15) is 0 Å². The van der Waals surface area contributed by atoms with Gasteiger partial charge in [0.2, 0.25) is 0 Å². The first kappa shape index (κ1) is 17.1. The number of hydrogen-bond donors (Lipinski definition) is 1. The Balaban J connectivity index is 1.16. The summed E-state index contributed by atoms with van der Waals surface area (Å²) in [6.45, 7) is 5.96. The topological polar surface area (TPSA) is 31.5 Å². The number of rotatable bonds is 5.